The van der Waals surface area contributed by atoms with Crippen molar-refractivity contribution in [2.24, 2.45) is 5.92 Å². The standard InChI is InChI=1S/C18H15N3O3S2.CH2O3/c1-11-17(12-5-3-2-4-6-12)18(11)21-26(22,23)16-8-7-15(25-16)14-9-13(10-19)24-20-14;2-1(3)4/h2-9,11,17-18,21H,1H3;(H2,2,3,4)/t11-,17-,18+;/m1./s1. The van der Waals surface area contributed by atoms with E-state index in [1.165, 1.54) is 6.07 Å². The van der Waals surface area contributed by atoms with Crippen LogP contribution in [0.2, 0.25) is 0 Å². The first-order chi connectivity index (χ1) is 14.2. The third-order valence-electron chi connectivity index (χ3n) is 4.57. The fourth-order valence-electron chi connectivity index (χ4n) is 3.11. The second-order valence-corrected chi connectivity index (χ2v) is 9.56. The number of nitriles is 1. The van der Waals surface area contributed by atoms with Gasteiger partial charge in [-0.3, -0.25) is 0 Å². The van der Waals surface area contributed by atoms with Gasteiger partial charge in [-0.1, -0.05) is 42.4 Å². The first-order valence-corrected chi connectivity index (χ1v) is 11.0. The summed E-state index contributed by atoms with van der Waals surface area (Å²) in [5.74, 6) is 0.535. The topological polar surface area (TPSA) is 154 Å². The molecule has 156 valence electrons. The molecule has 1 aliphatic rings. The lowest BCUT2D eigenvalue weighted by molar-refractivity contribution is 0.137. The molecule has 1 saturated carbocycles. The summed E-state index contributed by atoms with van der Waals surface area (Å²) in [6.07, 6.45) is -1.83. The number of nitrogens with one attached hydrogen (secondary N) is 1. The van der Waals surface area contributed by atoms with Crippen LogP contribution in [0.25, 0.3) is 10.6 Å². The van der Waals surface area contributed by atoms with Crippen molar-refractivity contribution in [3.63, 3.8) is 0 Å². The van der Waals surface area contributed by atoms with E-state index in [-0.39, 0.29) is 27.8 Å². The number of carbonyl (C=O) groups is 1. The van der Waals surface area contributed by atoms with E-state index < -0.39 is 16.2 Å². The molecule has 3 atom stereocenters. The van der Waals surface area contributed by atoms with E-state index in [2.05, 4.69) is 9.88 Å². The third kappa shape index (κ3) is 4.85. The Balaban J connectivity index is 0.000000589. The van der Waals surface area contributed by atoms with E-state index >= 15 is 0 Å². The van der Waals surface area contributed by atoms with Gasteiger partial charge in [0.25, 0.3) is 0 Å². The number of hydrogen-bond donors (Lipinski definition) is 3. The largest absolute Gasteiger partial charge is 0.503 e. The van der Waals surface area contributed by atoms with Crippen molar-refractivity contribution >= 4 is 27.5 Å². The van der Waals surface area contributed by atoms with E-state index in [9.17, 15) is 8.42 Å². The minimum absolute atomic E-state index is 0.0911. The molecule has 1 aromatic carbocycles. The summed E-state index contributed by atoms with van der Waals surface area (Å²) in [6, 6.07) is 16.4. The van der Waals surface area contributed by atoms with Crippen LogP contribution in [0.15, 0.2) is 57.3 Å². The Bertz CT molecular complexity index is 1180. The molecule has 4 rings (SSSR count). The number of carboxylic acid groups (broad SMARTS) is 2. The van der Waals surface area contributed by atoms with Crippen molar-refractivity contribution in [1.82, 2.24) is 9.88 Å². The number of aromatic nitrogens is 1. The Kier molecular flexibility index (Phi) is 6.21. The molecule has 0 aliphatic heterocycles. The third-order valence-corrected chi connectivity index (χ3v) is 7.63. The maximum atomic E-state index is 12.7. The van der Waals surface area contributed by atoms with E-state index in [1.807, 2.05) is 43.3 Å². The summed E-state index contributed by atoms with van der Waals surface area (Å²) < 4.78 is 33.3. The fourth-order valence-corrected chi connectivity index (χ4v) is 5.74. The molecule has 1 fully saturated rings. The monoisotopic (exact) mass is 447 g/mol. The predicted molar refractivity (Wildman–Crippen MR) is 108 cm³/mol. The number of thiophene rings is 1. The van der Waals surface area contributed by atoms with Gasteiger partial charge in [0.15, 0.2) is 0 Å². The van der Waals surface area contributed by atoms with Gasteiger partial charge in [-0.15, -0.1) is 11.3 Å². The highest BCUT2D eigenvalue weighted by Gasteiger charge is 2.49. The summed E-state index contributed by atoms with van der Waals surface area (Å²) in [6.45, 7) is 2.05. The Labute approximate surface area is 176 Å². The molecular formula is C19H17N3O6S2. The van der Waals surface area contributed by atoms with Crippen molar-refractivity contribution < 1.29 is 27.9 Å². The minimum atomic E-state index is -3.61. The number of nitrogens with zero attached hydrogens (tertiary/aromatic N) is 2. The van der Waals surface area contributed by atoms with Gasteiger partial charge in [-0.2, -0.15) is 5.26 Å². The molecule has 3 aromatic rings. The average molecular weight is 447 g/mol. The molecule has 2 aromatic heterocycles. The Morgan fingerprint density at radius 3 is 2.50 bits per heavy atom. The average Bonchev–Trinajstić information content (AvgIpc) is 3.14. The first kappa shape index (κ1) is 21.5. The molecule has 0 saturated heterocycles. The zero-order valence-electron chi connectivity index (χ0n) is 15.6. The molecule has 9 nitrogen and oxygen atoms in total. The lowest BCUT2D eigenvalue weighted by Gasteiger charge is -2.04. The number of hydrogen-bond acceptors (Lipinski definition) is 7. The summed E-state index contributed by atoms with van der Waals surface area (Å²) in [5.41, 5.74) is 1.60. The van der Waals surface area contributed by atoms with E-state index in [1.54, 1.807) is 12.1 Å². The Morgan fingerprint density at radius 1 is 1.23 bits per heavy atom. The van der Waals surface area contributed by atoms with Gasteiger partial charge in [0.05, 0.1) is 4.88 Å². The highest BCUT2D eigenvalue weighted by Crippen LogP contribution is 2.48. The van der Waals surface area contributed by atoms with Gasteiger partial charge in [-0.25, -0.2) is 17.9 Å². The molecular weight excluding hydrogens is 430 g/mol. The summed E-state index contributed by atoms with van der Waals surface area (Å²) >= 11 is 1.10. The van der Waals surface area contributed by atoms with Gasteiger partial charge in [0.2, 0.25) is 15.8 Å². The van der Waals surface area contributed by atoms with Crippen molar-refractivity contribution in [1.29, 1.82) is 5.26 Å². The zero-order chi connectivity index (χ0) is 21.9. The van der Waals surface area contributed by atoms with E-state index in [0.29, 0.717) is 10.6 Å². The predicted octanol–water partition coefficient (Wildman–Crippen LogP) is 3.58. The van der Waals surface area contributed by atoms with Gasteiger partial charge in [0.1, 0.15) is 16.0 Å². The normalized spacial score (nSPS) is 19.9. The maximum Gasteiger partial charge on any atom is 0.503 e. The molecule has 0 spiro atoms. The summed E-state index contributed by atoms with van der Waals surface area (Å²) in [4.78, 5) is 9.19. The van der Waals surface area contributed by atoms with Crippen molar-refractivity contribution in [3.05, 3.63) is 59.9 Å². The second kappa shape index (κ2) is 8.66. The number of rotatable bonds is 5. The van der Waals surface area contributed by atoms with E-state index in [0.717, 1.165) is 16.9 Å². The van der Waals surface area contributed by atoms with Crippen molar-refractivity contribution in [3.8, 4) is 16.6 Å². The highest BCUT2D eigenvalue weighted by atomic mass is 32.2. The molecule has 11 heteroatoms. The molecule has 30 heavy (non-hydrogen) atoms. The molecule has 3 N–H and O–H groups in total. The SMILES string of the molecule is C[C@H]1[C@H](NS(=O)(=O)c2ccc(-c3cc(C#N)on3)s2)[C@H]1c1ccccc1.O=C(O)O. The quantitative estimate of drug-likeness (QED) is 0.536. The van der Waals surface area contributed by atoms with Crippen LogP contribution < -0.4 is 4.72 Å². The summed E-state index contributed by atoms with van der Waals surface area (Å²) in [5, 5.41) is 26.5. The molecule has 1 aliphatic carbocycles. The second-order valence-electron chi connectivity index (χ2n) is 6.53. The molecule has 0 amide bonds. The Hall–Kier alpha value is -3.20. The Morgan fingerprint density at radius 2 is 1.90 bits per heavy atom. The highest BCUT2D eigenvalue weighted by molar-refractivity contribution is 7.91. The molecule has 2 heterocycles. The van der Waals surface area contributed by atoms with Crippen LogP contribution in [0.1, 0.15) is 24.2 Å². The smallest absolute Gasteiger partial charge is 0.450 e. The van der Waals surface area contributed by atoms with E-state index in [4.69, 9.17) is 24.8 Å². The van der Waals surface area contributed by atoms with Crippen LogP contribution in [-0.2, 0) is 10.0 Å². The number of benzene rings is 1. The zero-order valence-corrected chi connectivity index (χ0v) is 17.2. The van der Waals surface area contributed by atoms with Crippen LogP contribution in [0.4, 0.5) is 4.79 Å². The van der Waals surface area contributed by atoms with Gasteiger partial charge >= 0.3 is 6.16 Å². The van der Waals surface area contributed by atoms with Crippen LogP contribution in [-0.4, -0.2) is 36.0 Å². The molecule has 0 unspecified atom stereocenters. The molecule has 0 bridgehead atoms. The summed E-state index contributed by atoms with van der Waals surface area (Å²) in [7, 11) is -3.61. The van der Waals surface area contributed by atoms with Crippen LogP contribution >= 0.6 is 11.3 Å². The van der Waals surface area contributed by atoms with Crippen LogP contribution in [0.5, 0.6) is 0 Å². The van der Waals surface area contributed by atoms with Crippen molar-refractivity contribution in [2.45, 2.75) is 23.1 Å². The van der Waals surface area contributed by atoms with Crippen LogP contribution in [0.3, 0.4) is 0 Å². The lowest BCUT2D eigenvalue weighted by Crippen LogP contribution is -2.27. The van der Waals surface area contributed by atoms with Gasteiger partial charge in [-0.05, 0) is 23.6 Å². The van der Waals surface area contributed by atoms with Crippen LogP contribution in [0, 0.1) is 17.2 Å². The number of sulfonamides is 1. The minimum Gasteiger partial charge on any atom is -0.450 e. The maximum absolute atomic E-state index is 12.7. The van der Waals surface area contributed by atoms with Gasteiger partial charge < -0.3 is 14.7 Å². The fraction of sp³-hybridized carbons (Fsp3) is 0.211. The first-order valence-electron chi connectivity index (χ1n) is 8.69. The molecule has 0 radical (unpaired) electrons. The van der Waals surface area contributed by atoms with Gasteiger partial charge in [0, 0.05) is 18.0 Å². The lowest BCUT2D eigenvalue weighted by atomic mass is 10.1. The van der Waals surface area contributed by atoms with Crippen molar-refractivity contribution in [2.75, 3.05) is 0 Å².